The van der Waals surface area contributed by atoms with Crippen molar-refractivity contribution in [2.24, 2.45) is 0 Å². The third kappa shape index (κ3) is 1.86. The van der Waals surface area contributed by atoms with Gasteiger partial charge >= 0.3 is 0 Å². The molecule has 2 aliphatic rings. The summed E-state index contributed by atoms with van der Waals surface area (Å²) in [6, 6.07) is 8.84. The number of nitrogens with zero attached hydrogens (tertiary/aromatic N) is 1. The van der Waals surface area contributed by atoms with E-state index in [1.54, 1.807) is 6.92 Å². The van der Waals surface area contributed by atoms with E-state index in [-0.39, 0.29) is 11.3 Å². The summed E-state index contributed by atoms with van der Waals surface area (Å²) in [7, 11) is 2.24. The first-order valence-electron chi connectivity index (χ1n) is 7.04. The van der Waals surface area contributed by atoms with Gasteiger partial charge < -0.3 is 0 Å². The van der Waals surface area contributed by atoms with E-state index in [2.05, 4.69) is 30.7 Å². The standard InChI is InChI=1S/C17H21NO/c1-12-10-16-8-9-17(11-12,18(16)3)15-6-4-14(5-7-15)13(2)19/h4-7,16H,1,8-11H2,2-3H3. The van der Waals surface area contributed by atoms with Gasteiger partial charge in [-0.15, -0.1) is 0 Å². The van der Waals surface area contributed by atoms with Crippen molar-refractivity contribution in [3.05, 3.63) is 47.5 Å². The largest absolute Gasteiger partial charge is 0.295 e. The van der Waals surface area contributed by atoms with Gasteiger partial charge in [0, 0.05) is 17.1 Å². The van der Waals surface area contributed by atoms with E-state index in [1.165, 1.54) is 24.0 Å². The summed E-state index contributed by atoms with van der Waals surface area (Å²) in [4.78, 5) is 13.9. The third-order valence-corrected chi connectivity index (χ3v) is 5.01. The summed E-state index contributed by atoms with van der Waals surface area (Å²) in [6.45, 7) is 5.84. The van der Waals surface area contributed by atoms with Crippen molar-refractivity contribution in [1.29, 1.82) is 0 Å². The van der Waals surface area contributed by atoms with Gasteiger partial charge in [-0.25, -0.2) is 0 Å². The molecule has 0 amide bonds. The lowest BCUT2D eigenvalue weighted by Crippen LogP contribution is -2.46. The van der Waals surface area contributed by atoms with Crippen LogP contribution in [-0.4, -0.2) is 23.8 Å². The Morgan fingerprint density at radius 2 is 2.05 bits per heavy atom. The summed E-state index contributed by atoms with van der Waals surface area (Å²) in [5.74, 6) is 0.134. The molecule has 0 radical (unpaired) electrons. The first-order chi connectivity index (χ1) is 9.03. The highest BCUT2D eigenvalue weighted by Crippen LogP contribution is 2.50. The predicted octanol–water partition coefficient (Wildman–Crippen LogP) is 3.53. The van der Waals surface area contributed by atoms with Crippen LogP contribution in [0, 0.1) is 0 Å². The fourth-order valence-corrected chi connectivity index (χ4v) is 3.86. The monoisotopic (exact) mass is 255 g/mol. The van der Waals surface area contributed by atoms with E-state index in [9.17, 15) is 4.79 Å². The molecule has 2 unspecified atom stereocenters. The molecule has 19 heavy (non-hydrogen) atoms. The van der Waals surface area contributed by atoms with E-state index in [0.717, 1.165) is 18.4 Å². The zero-order valence-electron chi connectivity index (χ0n) is 11.8. The van der Waals surface area contributed by atoms with Gasteiger partial charge in [0.05, 0.1) is 0 Å². The number of rotatable bonds is 2. The lowest BCUT2D eigenvalue weighted by atomic mass is 9.80. The van der Waals surface area contributed by atoms with E-state index in [0.29, 0.717) is 6.04 Å². The van der Waals surface area contributed by atoms with Crippen molar-refractivity contribution < 1.29 is 4.79 Å². The first-order valence-corrected chi connectivity index (χ1v) is 7.04. The van der Waals surface area contributed by atoms with Crippen LogP contribution < -0.4 is 0 Å². The molecular weight excluding hydrogens is 234 g/mol. The van der Waals surface area contributed by atoms with Crippen LogP contribution in [0.3, 0.4) is 0 Å². The molecule has 2 saturated heterocycles. The van der Waals surface area contributed by atoms with Crippen molar-refractivity contribution in [3.8, 4) is 0 Å². The molecule has 1 aromatic rings. The lowest BCUT2D eigenvalue weighted by molar-refractivity contribution is 0.101. The minimum absolute atomic E-state index is 0.120. The molecule has 2 heteroatoms. The summed E-state index contributed by atoms with van der Waals surface area (Å²) in [5.41, 5.74) is 3.63. The number of ketones is 1. The number of hydrogen-bond acceptors (Lipinski definition) is 2. The average Bonchev–Trinajstić information content (AvgIpc) is 2.60. The zero-order valence-corrected chi connectivity index (χ0v) is 11.8. The van der Waals surface area contributed by atoms with Gasteiger partial charge in [-0.3, -0.25) is 9.69 Å². The molecule has 2 aliphatic heterocycles. The Bertz CT molecular complexity index is 531. The highest BCUT2D eigenvalue weighted by molar-refractivity contribution is 5.94. The van der Waals surface area contributed by atoms with Crippen molar-refractivity contribution in [2.75, 3.05) is 7.05 Å². The van der Waals surface area contributed by atoms with Crippen molar-refractivity contribution >= 4 is 5.78 Å². The van der Waals surface area contributed by atoms with Gasteiger partial charge in [-0.2, -0.15) is 0 Å². The highest BCUT2D eigenvalue weighted by atomic mass is 16.1. The average molecular weight is 255 g/mol. The summed E-state index contributed by atoms with van der Waals surface area (Å²) < 4.78 is 0. The number of fused-ring (bicyclic) bond motifs is 2. The lowest BCUT2D eigenvalue weighted by Gasteiger charge is -2.44. The maximum atomic E-state index is 11.4. The molecule has 0 spiro atoms. The molecule has 100 valence electrons. The van der Waals surface area contributed by atoms with Crippen LogP contribution in [0.1, 0.15) is 48.5 Å². The van der Waals surface area contributed by atoms with Crippen LogP contribution in [0.25, 0.3) is 0 Å². The zero-order chi connectivity index (χ0) is 13.6. The third-order valence-electron chi connectivity index (χ3n) is 5.01. The Labute approximate surface area is 115 Å². The van der Waals surface area contributed by atoms with E-state index in [4.69, 9.17) is 0 Å². The number of Topliss-reactive ketones (excluding diaryl/α,β-unsaturated/α-hetero) is 1. The predicted molar refractivity (Wildman–Crippen MR) is 77.3 cm³/mol. The summed E-state index contributed by atoms with van der Waals surface area (Å²) in [5, 5.41) is 0. The van der Waals surface area contributed by atoms with Crippen molar-refractivity contribution in [1.82, 2.24) is 4.90 Å². The molecular formula is C17H21NO. The molecule has 3 rings (SSSR count). The number of piperidine rings is 1. The number of hydrogen-bond donors (Lipinski definition) is 0. The van der Waals surface area contributed by atoms with Gasteiger partial charge in [-0.05, 0) is 45.2 Å². The van der Waals surface area contributed by atoms with Crippen molar-refractivity contribution in [3.63, 3.8) is 0 Å². The number of carbonyl (C=O) groups is 1. The second kappa shape index (κ2) is 4.31. The Kier molecular flexibility index (Phi) is 2.86. The fraction of sp³-hybridized carbons (Fsp3) is 0.471. The topological polar surface area (TPSA) is 20.3 Å². The Balaban J connectivity index is 1.99. The maximum Gasteiger partial charge on any atom is 0.159 e. The van der Waals surface area contributed by atoms with Crippen LogP contribution in [0.2, 0.25) is 0 Å². The Morgan fingerprint density at radius 1 is 1.37 bits per heavy atom. The molecule has 2 nitrogen and oxygen atoms in total. The molecule has 0 aliphatic carbocycles. The fourth-order valence-electron chi connectivity index (χ4n) is 3.86. The molecule has 2 heterocycles. The summed E-state index contributed by atoms with van der Waals surface area (Å²) in [6.07, 6.45) is 4.65. The van der Waals surface area contributed by atoms with E-state index >= 15 is 0 Å². The number of carbonyl (C=O) groups excluding carboxylic acids is 1. The normalized spacial score (nSPS) is 30.6. The van der Waals surface area contributed by atoms with Gasteiger partial charge in [0.15, 0.2) is 5.78 Å². The SMILES string of the molecule is C=C1CC2CCC(c3ccc(C(C)=O)cc3)(C1)N2C. The molecule has 2 atom stereocenters. The second-order valence-electron chi connectivity index (χ2n) is 6.10. The molecule has 2 fully saturated rings. The van der Waals surface area contributed by atoms with Gasteiger partial charge in [0.2, 0.25) is 0 Å². The smallest absolute Gasteiger partial charge is 0.159 e. The van der Waals surface area contributed by atoms with Gasteiger partial charge in [0.25, 0.3) is 0 Å². The molecule has 0 saturated carbocycles. The molecule has 0 N–H and O–H groups in total. The van der Waals surface area contributed by atoms with E-state index < -0.39 is 0 Å². The van der Waals surface area contributed by atoms with Crippen LogP contribution in [0.15, 0.2) is 36.4 Å². The first kappa shape index (κ1) is 12.6. The second-order valence-corrected chi connectivity index (χ2v) is 6.10. The Morgan fingerprint density at radius 3 is 2.68 bits per heavy atom. The molecule has 0 aromatic heterocycles. The highest BCUT2D eigenvalue weighted by Gasteiger charge is 2.48. The summed E-state index contributed by atoms with van der Waals surface area (Å²) >= 11 is 0. The van der Waals surface area contributed by atoms with Crippen molar-refractivity contribution in [2.45, 2.75) is 44.2 Å². The van der Waals surface area contributed by atoms with E-state index in [1.807, 2.05) is 12.1 Å². The number of benzene rings is 1. The minimum Gasteiger partial charge on any atom is -0.295 e. The van der Waals surface area contributed by atoms with Gasteiger partial charge in [0.1, 0.15) is 0 Å². The van der Waals surface area contributed by atoms with Crippen LogP contribution >= 0.6 is 0 Å². The van der Waals surface area contributed by atoms with Crippen LogP contribution in [-0.2, 0) is 5.54 Å². The molecule has 1 aromatic carbocycles. The van der Waals surface area contributed by atoms with Gasteiger partial charge in [-0.1, -0.05) is 36.4 Å². The minimum atomic E-state index is 0.120. The Hall–Kier alpha value is -1.41. The quantitative estimate of drug-likeness (QED) is 0.595. The molecule has 2 bridgehead atoms. The van der Waals surface area contributed by atoms with Crippen LogP contribution in [0.5, 0.6) is 0 Å². The van der Waals surface area contributed by atoms with Crippen LogP contribution in [0.4, 0.5) is 0 Å². The maximum absolute atomic E-state index is 11.4.